The van der Waals surface area contributed by atoms with Crippen molar-refractivity contribution in [3.63, 3.8) is 0 Å². The minimum Gasteiger partial charge on any atom is -0.481 e. The van der Waals surface area contributed by atoms with E-state index in [9.17, 15) is 13.6 Å². The van der Waals surface area contributed by atoms with Gasteiger partial charge < -0.3 is 5.11 Å². The van der Waals surface area contributed by atoms with Gasteiger partial charge in [-0.25, -0.2) is 8.78 Å². The van der Waals surface area contributed by atoms with Crippen LogP contribution in [0.2, 0.25) is 0 Å². The van der Waals surface area contributed by atoms with Crippen LogP contribution in [0.15, 0.2) is 0 Å². The zero-order valence-electron chi connectivity index (χ0n) is 8.17. The van der Waals surface area contributed by atoms with Crippen molar-refractivity contribution in [2.24, 2.45) is 0 Å². The molecular weight excluding hydrogens is 192 g/mol. The van der Waals surface area contributed by atoms with Gasteiger partial charge >= 0.3 is 5.97 Å². The molecule has 3 nitrogen and oxygen atoms in total. The van der Waals surface area contributed by atoms with Crippen LogP contribution in [-0.4, -0.2) is 41.0 Å². The first-order valence-corrected chi connectivity index (χ1v) is 4.78. The van der Waals surface area contributed by atoms with Gasteiger partial charge in [0, 0.05) is 18.9 Å². The first-order valence-electron chi connectivity index (χ1n) is 4.78. The van der Waals surface area contributed by atoms with E-state index in [-0.39, 0.29) is 25.4 Å². The van der Waals surface area contributed by atoms with Crippen molar-refractivity contribution in [2.45, 2.75) is 38.2 Å². The number of hydrogen-bond donors (Lipinski definition) is 1. The lowest BCUT2D eigenvalue weighted by Gasteiger charge is -2.20. The number of carboxylic acids is 1. The van der Waals surface area contributed by atoms with Crippen molar-refractivity contribution in [3.8, 4) is 0 Å². The van der Waals surface area contributed by atoms with Crippen LogP contribution in [0.5, 0.6) is 0 Å². The van der Waals surface area contributed by atoms with Crippen molar-refractivity contribution in [1.29, 1.82) is 0 Å². The monoisotopic (exact) mass is 207 g/mol. The van der Waals surface area contributed by atoms with E-state index in [4.69, 9.17) is 5.11 Å². The van der Waals surface area contributed by atoms with Gasteiger partial charge in [-0.05, 0) is 13.0 Å². The molecule has 0 aromatic heterocycles. The van der Waals surface area contributed by atoms with Gasteiger partial charge in [0.25, 0.3) is 5.92 Å². The standard InChI is InChI=1S/C9H15F2NO2/c1-2-12-6-9(10,11)5-7(12)3-4-8(13)14/h7H,2-6H2,1H3,(H,13,14)/t7-/m0/s1. The van der Waals surface area contributed by atoms with Crippen molar-refractivity contribution >= 4 is 5.97 Å². The fourth-order valence-electron chi connectivity index (χ4n) is 1.91. The molecule has 0 aromatic carbocycles. The summed E-state index contributed by atoms with van der Waals surface area (Å²) in [5, 5.41) is 8.46. The van der Waals surface area contributed by atoms with Crippen molar-refractivity contribution in [2.75, 3.05) is 13.1 Å². The first-order chi connectivity index (χ1) is 6.44. The van der Waals surface area contributed by atoms with Crippen molar-refractivity contribution in [3.05, 3.63) is 0 Å². The SMILES string of the molecule is CCN1CC(F)(F)C[C@@H]1CCC(=O)O. The molecular formula is C9H15F2NO2. The molecule has 0 unspecified atom stereocenters. The number of aliphatic carboxylic acids is 1. The predicted molar refractivity (Wildman–Crippen MR) is 47.5 cm³/mol. The Hall–Kier alpha value is -0.710. The topological polar surface area (TPSA) is 40.5 Å². The Kier molecular flexibility index (Phi) is 3.42. The van der Waals surface area contributed by atoms with Gasteiger partial charge in [0.15, 0.2) is 0 Å². The molecule has 1 aliphatic rings. The van der Waals surface area contributed by atoms with E-state index < -0.39 is 11.9 Å². The molecule has 0 bridgehead atoms. The van der Waals surface area contributed by atoms with Crippen LogP contribution in [-0.2, 0) is 4.79 Å². The molecule has 0 spiro atoms. The molecule has 14 heavy (non-hydrogen) atoms. The zero-order valence-corrected chi connectivity index (χ0v) is 8.17. The van der Waals surface area contributed by atoms with Gasteiger partial charge in [0.1, 0.15) is 0 Å². The number of carboxylic acid groups (broad SMARTS) is 1. The van der Waals surface area contributed by atoms with E-state index in [1.54, 1.807) is 4.90 Å². The number of halogens is 2. The van der Waals surface area contributed by atoms with Gasteiger partial charge in [-0.15, -0.1) is 0 Å². The third-order valence-corrected chi connectivity index (χ3v) is 2.58. The average molecular weight is 207 g/mol. The van der Waals surface area contributed by atoms with Crippen LogP contribution >= 0.6 is 0 Å². The molecule has 1 rings (SSSR count). The summed E-state index contributed by atoms with van der Waals surface area (Å²) in [5.74, 6) is -3.56. The Morgan fingerprint density at radius 1 is 1.64 bits per heavy atom. The second-order valence-corrected chi connectivity index (χ2v) is 3.71. The summed E-state index contributed by atoms with van der Waals surface area (Å²) in [6.45, 7) is 2.14. The Morgan fingerprint density at radius 3 is 2.79 bits per heavy atom. The quantitative estimate of drug-likeness (QED) is 0.760. The largest absolute Gasteiger partial charge is 0.481 e. The van der Waals surface area contributed by atoms with Gasteiger partial charge in [-0.1, -0.05) is 6.92 Å². The van der Waals surface area contributed by atoms with Gasteiger partial charge in [-0.3, -0.25) is 9.69 Å². The van der Waals surface area contributed by atoms with Crippen LogP contribution < -0.4 is 0 Å². The zero-order chi connectivity index (χ0) is 10.8. The molecule has 0 aliphatic carbocycles. The van der Waals surface area contributed by atoms with E-state index >= 15 is 0 Å². The molecule has 82 valence electrons. The lowest BCUT2D eigenvalue weighted by molar-refractivity contribution is -0.137. The normalized spacial score (nSPS) is 26.6. The second-order valence-electron chi connectivity index (χ2n) is 3.71. The number of nitrogens with zero attached hydrogens (tertiary/aromatic N) is 1. The molecule has 1 atom stereocenters. The molecule has 1 N–H and O–H groups in total. The summed E-state index contributed by atoms with van der Waals surface area (Å²) < 4.78 is 25.9. The molecule has 5 heteroatoms. The van der Waals surface area contributed by atoms with Crippen LogP contribution in [0, 0.1) is 0 Å². The van der Waals surface area contributed by atoms with Crippen LogP contribution in [0.1, 0.15) is 26.2 Å². The van der Waals surface area contributed by atoms with Crippen LogP contribution in [0.4, 0.5) is 8.78 Å². The molecule has 0 saturated carbocycles. The summed E-state index contributed by atoms with van der Waals surface area (Å²) >= 11 is 0. The number of carbonyl (C=O) groups is 1. The number of rotatable bonds is 4. The molecule has 1 fully saturated rings. The minimum absolute atomic E-state index is 0.0305. The number of likely N-dealkylation sites (tertiary alicyclic amines) is 1. The Balaban J connectivity index is 2.47. The highest BCUT2D eigenvalue weighted by Crippen LogP contribution is 2.33. The van der Waals surface area contributed by atoms with Crippen LogP contribution in [0.25, 0.3) is 0 Å². The Bertz CT molecular complexity index is 221. The lowest BCUT2D eigenvalue weighted by Crippen LogP contribution is -2.30. The summed E-state index contributed by atoms with van der Waals surface area (Å²) in [7, 11) is 0. The fourth-order valence-corrected chi connectivity index (χ4v) is 1.91. The fraction of sp³-hybridized carbons (Fsp3) is 0.889. The Labute approximate surface area is 81.7 Å². The lowest BCUT2D eigenvalue weighted by atomic mass is 10.1. The highest BCUT2D eigenvalue weighted by atomic mass is 19.3. The number of hydrogen-bond acceptors (Lipinski definition) is 2. The summed E-state index contributed by atoms with van der Waals surface area (Å²) in [4.78, 5) is 12.0. The molecule has 1 saturated heterocycles. The van der Waals surface area contributed by atoms with Gasteiger partial charge in [0.2, 0.25) is 0 Å². The third kappa shape index (κ3) is 2.90. The van der Waals surface area contributed by atoms with E-state index in [0.29, 0.717) is 13.0 Å². The summed E-state index contributed by atoms with van der Waals surface area (Å²) in [6, 6.07) is -0.272. The minimum atomic E-state index is -2.64. The van der Waals surface area contributed by atoms with Crippen molar-refractivity contribution < 1.29 is 18.7 Å². The third-order valence-electron chi connectivity index (χ3n) is 2.58. The summed E-state index contributed by atoms with van der Waals surface area (Å²) in [6.07, 6.45) is 0.0874. The Morgan fingerprint density at radius 2 is 2.29 bits per heavy atom. The summed E-state index contributed by atoms with van der Waals surface area (Å²) in [5.41, 5.74) is 0. The van der Waals surface area contributed by atoms with Gasteiger partial charge in [0.05, 0.1) is 6.54 Å². The smallest absolute Gasteiger partial charge is 0.303 e. The van der Waals surface area contributed by atoms with E-state index in [2.05, 4.69) is 0 Å². The molecule has 0 amide bonds. The molecule has 1 heterocycles. The first kappa shape index (κ1) is 11.4. The van der Waals surface area contributed by atoms with E-state index in [1.165, 1.54) is 0 Å². The molecule has 1 aliphatic heterocycles. The van der Waals surface area contributed by atoms with E-state index in [0.717, 1.165) is 0 Å². The predicted octanol–water partition coefficient (Wildman–Crippen LogP) is 1.58. The molecule has 0 aromatic rings. The van der Waals surface area contributed by atoms with Crippen LogP contribution in [0.3, 0.4) is 0 Å². The molecule has 0 radical (unpaired) electrons. The van der Waals surface area contributed by atoms with E-state index in [1.807, 2.05) is 6.92 Å². The van der Waals surface area contributed by atoms with Crippen molar-refractivity contribution in [1.82, 2.24) is 4.90 Å². The second kappa shape index (κ2) is 4.21. The maximum atomic E-state index is 13.0. The van der Waals surface area contributed by atoms with Gasteiger partial charge in [-0.2, -0.15) is 0 Å². The highest BCUT2D eigenvalue weighted by Gasteiger charge is 2.43. The maximum Gasteiger partial charge on any atom is 0.303 e. The average Bonchev–Trinajstić information content (AvgIpc) is 2.37. The highest BCUT2D eigenvalue weighted by molar-refractivity contribution is 5.66. The maximum absolute atomic E-state index is 13.0. The number of alkyl halides is 2.